The van der Waals surface area contributed by atoms with E-state index in [0.717, 1.165) is 5.56 Å². The van der Waals surface area contributed by atoms with Crippen LogP contribution in [0.3, 0.4) is 0 Å². The van der Waals surface area contributed by atoms with Gasteiger partial charge in [0.1, 0.15) is 6.54 Å². The maximum absolute atomic E-state index is 11.9. The largest absolute Gasteiger partial charge is 0.454 e. The minimum Gasteiger partial charge on any atom is -0.454 e. The molecule has 28 heavy (non-hydrogen) atoms. The first-order valence-electron chi connectivity index (χ1n) is 8.32. The number of nitrogens with one attached hydrogen (secondary N) is 2. The van der Waals surface area contributed by atoms with E-state index < -0.39 is 35.9 Å². The van der Waals surface area contributed by atoms with Gasteiger partial charge in [0.25, 0.3) is 17.5 Å². The molecule has 2 aromatic rings. The molecule has 0 atom stereocenters. The lowest BCUT2D eigenvalue weighted by Crippen LogP contribution is -2.32. The van der Waals surface area contributed by atoms with Crippen molar-refractivity contribution in [1.29, 1.82) is 0 Å². The van der Waals surface area contributed by atoms with Gasteiger partial charge in [0, 0.05) is 11.6 Å². The van der Waals surface area contributed by atoms with Gasteiger partial charge in [0.05, 0.1) is 16.2 Å². The summed E-state index contributed by atoms with van der Waals surface area (Å²) in [5.74, 6) is -1.87. The van der Waals surface area contributed by atoms with Gasteiger partial charge in [0.15, 0.2) is 6.61 Å². The second-order valence-electron chi connectivity index (χ2n) is 5.96. The normalized spacial score (nSPS) is 10.1. The number of hydrogen-bond acceptors (Lipinski definition) is 6. The molecule has 9 nitrogen and oxygen atoms in total. The maximum atomic E-state index is 11.9. The van der Waals surface area contributed by atoms with Gasteiger partial charge in [-0.3, -0.25) is 24.5 Å². The number of benzene rings is 2. The summed E-state index contributed by atoms with van der Waals surface area (Å²) in [4.78, 5) is 45.9. The van der Waals surface area contributed by atoms with Crippen LogP contribution < -0.4 is 10.6 Å². The first kappa shape index (κ1) is 20.6. The maximum Gasteiger partial charge on any atom is 0.325 e. The molecule has 0 aromatic heterocycles. The summed E-state index contributed by atoms with van der Waals surface area (Å²) in [6.07, 6.45) is 0. The molecule has 0 aliphatic carbocycles. The molecule has 2 N–H and O–H groups in total. The van der Waals surface area contributed by atoms with Gasteiger partial charge in [0.2, 0.25) is 0 Å². The van der Waals surface area contributed by atoms with E-state index in [1.807, 2.05) is 6.92 Å². The molecule has 146 valence electrons. The Balaban J connectivity index is 1.80. The Hall–Kier alpha value is -3.75. The zero-order valence-corrected chi connectivity index (χ0v) is 15.4. The fourth-order valence-electron chi connectivity index (χ4n) is 2.30. The van der Waals surface area contributed by atoms with E-state index in [-0.39, 0.29) is 16.9 Å². The molecule has 2 aromatic carbocycles. The number of anilines is 1. The molecule has 0 aliphatic heterocycles. The predicted molar refractivity (Wildman–Crippen MR) is 101 cm³/mol. The third-order valence-electron chi connectivity index (χ3n) is 3.85. The number of aryl methyl sites for hydroxylation is 1. The van der Waals surface area contributed by atoms with Crippen molar-refractivity contribution in [3.8, 4) is 0 Å². The van der Waals surface area contributed by atoms with Crippen molar-refractivity contribution >= 4 is 29.2 Å². The van der Waals surface area contributed by atoms with E-state index in [1.165, 1.54) is 25.1 Å². The lowest BCUT2D eigenvalue weighted by atomic mass is 10.1. The fourth-order valence-corrected chi connectivity index (χ4v) is 2.30. The number of rotatable bonds is 7. The number of nitrogens with zero attached hydrogens (tertiary/aromatic N) is 1. The van der Waals surface area contributed by atoms with Crippen molar-refractivity contribution in [3.05, 3.63) is 69.3 Å². The van der Waals surface area contributed by atoms with Crippen molar-refractivity contribution in [2.24, 2.45) is 0 Å². The Morgan fingerprint density at radius 2 is 1.75 bits per heavy atom. The average Bonchev–Trinajstić information content (AvgIpc) is 2.66. The van der Waals surface area contributed by atoms with E-state index in [2.05, 4.69) is 10.6 Å². The highest BCUT2D eigenvalue weighted by molar-refractivity contribution is 5.97. The van der Waals surface area contributed by atoms with E-state index in [1.54, 1.807) is 24.3 Å². The Morgan fingerprint density at radius 3 is 2.39 bits per heavy atom. The zero-order chi connectivity index (χ0) is 20.7. The van der Waals surface area contributed by atoms with Crippen LogP contribution in [0.15, 0.2) is 42.5 Å². The smallest absolute Gasteiger partial charge is 0.325 e. The van der Waals surface area contributed by atoms with Crippen molar-refractivity contribution in [3.63, 3.8) is 0 Å². The third kappa shape index (κ3) is 5.63. The molecular weight excluding hydrogens is 366 g/mol. The highest BCUT2D eigenvalue weighted by Crippen LogP contribution is 2.24. The molecule has 0 aliphatic rings. The lowest BCUT2D eigenvalue weighted by molar-refractivity contribution is -0.385. The predicted octanol–water partition coefficient (Wildman–Crippen LogP) is 2.12. The van der Waals surface area contributed by atoms with Crippen LogP contribution in [-0.4, -0.2) is 35.9 Å². The molecule has 9 heteroatoms. The van der Waals surface area contributed by atoms with Crippen molar-refractivity contribution in [2.45, 2.75) is 13.8 Å². The molecule has 0 unspecified atom stereocenters. The number of nitro groups is 1. The van der Waals surface area contributed by atoms with Crippen LogP contribution in [0.2, 0.25) is 0 Å². The van der Waals surface area contributed by atoms with E-state index >= 15 is 0 Å². The summed E-state index contributed by atoms with van der Waals surface area (Å²) < 4.78 is 4.80. The SMILES string of the molecule is Cc1ccc(C(=O)NCC(=O)OCC(=O)Nc2cccc([N+](=O)[O-])c2C)cc1. The molecule has 0 saturated carbocycles. The Kier molecular flexibility index (Phi) is 6.80. The summed E-state index contributed by atoms with van der Waals surface area (Å²) in [5, 5.41) is 15.8. The second-order valence-corrected chi connectivity index (χ2v) is 5.96. The minimum absolute atomic E-state index is 0.131. The molecule has 0 spiro atoms. The van der Waals surface area contributed by atoms with Crippen LogP contribution in [0, 0.1) is 24.0 Å². The van der Waals surface area contributed by atoms with Gasteiger partial charge < -0.3 is 15.4 Å². The summed E-state index contributed by atoms with van der Waals surface area (Å²) in [6, 6.07) is 11.1. The van der Waals surface area contributed by atoms with Crippen molar-refractivity contribution in [1.82, 2.24) is 5.32 Å². The average molecular weight is 385 g/mol. The van der Waals surface area contributed by atoms with Gasteiger partial charge in [-0.05, 0) is 32.0 Å². The molecule has 0 radical (unpaired) electrons. The molecule has 2 rings (SSSR count). The van der Waals surface area contributed by atoms with Gasteiger partial charge in [-0.1, -0.05) is 23.8 Å². The van der Waals surface area contributed by atoms with E-state index in [9.17, 15) is 24.5 Å². The number of nitro benzene ring substituents is 1. The highest BCUT2D eigenvalue weighted by atomic mass is 16.6. The number of esters is 1. The van der Waals surface area contributed by atoms with Crippen LogP contribution >= 0.6 is 0 Å². The summed E-state index contributed by atoms with van der Waals surface area (Å²) in [6.45, 7) is 2.41. The number of carbonyl (C=O) groups excluding carboxylic acids is 3. The second kappa shape index (κ2) is 9.26. The molecule has 0 fully saturated rings. The standard InChI is InChI=1S/C19H19N3O6/c1-12-6-8-14(9-7-12)19(25)20-10-18(24)28-11-17(23)21-15-4-3-5-16(13(15)2)22(26)27/h3-9H,10-11H2,1-2H3,(H,20,25)(H,21,23). The third-order valence-corrected chi connectivity index (χ3v) is 3.85. The summed E-state index contributed by atoms with van der Waals surface area (Å²) >= 11 is 0. The number of ether oxygens (including phenoxy) is 1. The van der Waals surface area contributed by atoms with Crippen molar-refractivity contribution < 1.29 is 24.0 Å². The Morgan fingerprint density at radius 1 is 1.07 bits per heavy atom. The van der Waals surface area contributed by atoms with Crippen LogP contribution in [0.4, 0.5) is 11.4 Å². The zero-order valence-electron chi connectivity index (χ0n) is 15.4. The lowest BCUT2D eigenvalue weighted by Gasteiger charge is -2.09. The summed E-state index contributed by atoms with van der Waals surface area (Å²) in [7, 11) is 0. The number of carbonyl (C=O) groups is 3. The topological polar surface area (TPSA) is 128 Å². The highest BCUT2D eigenvalue weighted by Gasteiger charge is 2.16. The van der Waals surface area contributed by atoms with Crippen LogP contribution in [-0.2, 0) is 14.3 Å². The summed E-state index contributed by atoms with van der Waals surface area (Å²) in [5.41, 5.74) is 1.81. The number of hydrogen-bond donors (Lipinski definition) is 2. The number of amides is 2. The first-order chi connectivity index (χ1) is 13.3. The fraction of sp³-hybridized carbons (Fsp3) is 0.211. The van der Waals surface area contributed by atoms with E-state index in [0.29, 0.717) is 5.56 Å². The van der Waals surface area contributed by atoms with Crippen LogP contribution in [0.5, 0.6) is 0 Å². The van der Waals surface area contributed by atoms with Crippen molar-refractivity contribution in [2.75, 3.05) is 18.5 Å². The minimum atomic E-state index is -0.786. The van der Waals surface area contributed by atoms with Gasteiger partial charge >= 0.3 is 5.97 Å². The quantitative estimate of drug-likeness (QED) is 0.427. The molecular formula is C19H19N3O6. The van der Waals surface area contributed by atoms with E-state index in [4.69, 9.17) is 4.74 Å². The molecule has 0 heterocycles. The monoisotopic (exact) mass is 385 g/mol. The van der Waals surface area contributed by atoms with Crippen LogP contribution in [0.25, 0.3) is 0 Å². The van der Waals surface area contributed by atoms with Gasteiger partial charge in [-0.2, -0.15) is 0 Å². The molecule has 2 amide bonds. The van der Waals surface area contributed by atoms with Gasteiger partial charge in [-0.15, -0.1) is 0 Å². The van der Waals surface area contributed by atoms with Crippen LogP contribution in [0.1, 0.15) is 21.5 Å². The Bertz CT molecular complexity index is 908. The Labute approximate surface area is 160 Å². The van der Waals surface area contributed by atoms with Gasteiger partial charge in [-0.25, -0.2) is 0 Å². The first-order valence-corrected chi connectivity index (χ1v) is 8.32. The molecule has 0 bridgehead atoms. The molecule has 0 saturated heterocycles.